The fourth-order valence-corrected chi connectivity index (χ4v) is 1.86. The second-order valence-electron chi connectivity index (χ2n) is 4.00. The molecule has 0 N–H and O–H groups in total. The van der Waals surface area contributed by atoms with Crippen LogP contribution < -0.4 is 0 Å². The topological polar surface area (TPSA) is 21.1 Å². The summed E-state index contributed by atoms with van der Waals surface area (Å²) in [4.78, 5) is 6.43. The van der Waals surface area contributed by atoms with Gasteiger partial charge in [-0.2, -0.15) is 0 Å². The second-order valence-corrected chi connectivity index (χ2v) is 4.81. The molecule has 0 saturated carbocycles. The van der Waals surface area contributed by atoms with Gasteiger partial charge in [0.15, 0.2) is 0 Å². The molecule has 16 heavy (non-hydrogen) atoms. The van der Waals surface area contributed by atoms with E-state index < -0.39 is 0 Å². The van der Waals surface area contributed by atoms with Crippen LogP contribution in [0.3, 0.4) is 0 Å². The molecular weight excluding hydrogens is 245 g/mol. The number of fused-ring (bicyclic) bond motifs is 1. The molecule has 1 aromatic heterocycles. The van der Waals surface area contributed by atoms with Crippen molar-refractivity contribution in [1.29, 1.82) is 0 Å². The van der Waals surface area contributed by atoms with Gasteiger partial charge >= 0.3 is 0 Å². The molecule has 0 amide bonds. The highest BCUT2D eigenvalue weighted by Gasteiger charge is 2.06. The average Bonchev–Trinajstić information content (AvgIpc) is 2.58. The van der Waals surface area contributed by atoms with Crippen molar-refractivity contribution in [3.05, 3.63) is 28.5 Å². The Kier molecular flexibility index (Phi) is 3.38. The van der Waals surface area contributed by atoms with Gasteiger partial charge in [-0.3, -0.25) is 0 Å². The lowest BCUT2D eigenvalue weighted by Crippen LogP contribution is -2.17. The molecule has 86 valence electrons. The lowest BCUT2D eigenvalue weighted by molar-refractivity contribution is 0.386. The first kappa shape index (κ1) is 11.7. The normalized spacial score (nSPS) is 11.6. The van der Waals surface area contributed by atoms with Gasteiger partial charge in [-0.1, -0.05) is 23.2 Å². The van der Waals surface area contributed by atoms with Crippen LogP contribution in [0.1, 0.15) is 0 Å². The van der Waals surface area contributed by atoms with Crippen LogP contribution in [-0.2, 0) is 6.54 Å². The predicted octanol–water partition coefficient (Wildman–Crippen LogP) is 2.90. The lowest BCUT2D eigenvalue weighted by Gasteiger charge is -2.10. The van der Waals surface area contributed by atoms with Gasteiger partial charge in [-0.05, 0) is 26.2 Å². The van der Waals surface area contributed by atoms with Crippen molar-refractivity contribution in [2.75, 3.05) is 20.6 Å². The number of hydrogen-bond acceptors (Lipinski definition) is 2. The molecule has 0 atom stereocenters. The lowest BCUT2D eigenvalue weighted by atomic mass is 10.3. The van der Waals surface area contributed by atoms with E-state index in [4.69, 9.17) is 23.2 Å². The van der Waals surface area contributed by atoms with Gasteiger partial charge < -0.3 is 9.47 Å². The Morgan fingerprint density at radius 3 is 2.62 bits per heavy atom. The van der Waals surface area contributed by atoms with Gasteiger partial charge in [0.2, 0.25) is 0 Å². The van der Waals surface area contributed by atoms with Crippen molar-refractivity contribution in [2.24, 2.45) is 0 Å². The Hall–Kier alpha value is -0.770. The molecule has 0 saturated heterocycles. The van der Waals surface area contributed by atoms with Crippen molar-refractivity contribution < 1.29 is 0 Å². The molecule has 1 heterocycles. The van der Waals surface area contributed by atoms with Gasteiger partial charge in [0.05, 0.1) is 27.4 Å². The average molecular weight is 258 g/mol. The molecule has 0 aliphatic rings. The number of imidazole rings is 1. The van der Waals surface area contributed by atoms with Crippen LogP contribution >= 0.6 is 23.2 Å². The Morgan fingerprint density at radius 2 is 1.94 bits per heavy atom. The van der Waals surface area contributed by atoms with Crippen molar-refractivity contribution >= 4 is 34.2 Å². The molecule has 5 heteroatoms. The van der Waals surface area contributed by atoms with Gasteiger partial charge in [-0.15, -0.1) is 0 Å². The molecule has 0 fully saturated rings. The zero-order chi connectivity index (χ0) is 11.7. The molecule has 2 aromatic rings. The number of nitrogens with zero attached hydrogens (tertiary/aromatic N) is 3. The Morgan fingerprint density at radius 1 is 1.25 bits per heavy atom. The van der Waals surface area contributed by atoms with Crippen molar-refractivity contribution in [3.63, 3.8) is 0 Å². The maximum absolute atomic E-state index is 6.00. The van der Waals surface area contributed by atoms with Crippen LogP contribution in [0.5, 0.6) is 0 Å². The minimum absolute atomic E-state index is 0.548. The van der Waals surface area contributed by atoms with Crippen LogP contribution in [0.2, 0.25) is 10.0 Å². The first-order chi connectivity index (χ1) is 7.58. The summed E-state index contributed by atoms with van der Waals surface area (Å²) in [5.74, 6) is 0. The standard InChI is InChI=1S/C11H13Cl2N3/c1-15(2)3-4-16-7-14-10-5-8(12)9(13)6-11(10)16/h5-7H,3-4H2,1-2H3. The summed E-state index contributed by atoms with van der Waals surface area (Å²) >= 11 is 11.9. The summed E-state index contributed by atoms with van der Waals surface area (Å²) in [6.07, 6.45) is 1.82. The fraction of sp³-hybridized carbons (Fsp3) is 0.364. The molecule has 3 nitrogen and oxygen atoms in total. The number of hydrogen-bond donors (Lipinski definition) is 0. The number of rotatable bonds is 3. The monoisotopic (exact) mass is 257 g/mol. The van der Waals surface area contributed by atoms with E-state index in [-0.39, 0.29) is 0 Å². The Bertz CT molecular complexity index is 505. The zero-order valence-corrected chi connectivity index (χ0v) is 10.8. The predicted molar refractivity (Wildman–Crippen MR) is 68.3 cm³/mol. The van der Waals surface area contributed by atoms with Crippen LogP contribution in [0.25, 0.3) is 11.0 Å². The maximum Gasteiger partial charge on any atom is 0.0958 e. The first-order valence-corrected chi connectivity index (χ1v) is 5.78. The highest BCUT2D eigenvalue weighted by Crippen LogP contribution is 2.27. The molecule has 0 unspecified atom stereocenters. The fourth-order valence-electron chi connectivity index (χ4n) is 1.54. The summed E-state index contributed by atoms with van der Waals surface area (Å²) in [6, 6.07) is 3.66. The second kappa shape index (κ2) is 4.62. The van der Waals surface area contributed by atoms with E-state index in [2.05, 4.69) is 14.5 Å². The van der Waals surface area contributed by atoms with Gasteiger partial charge in [0, 0.05) is 13.1 Å². The van der Waals surface area contributed by atoms with Gasteiger partial charge in [0.1, 0.15) is 0 Å². The molecule has 0 aliphatic heterocycles. The first-order valence-electron chi connectivity index (χ1n) is 5.02. The molecule has 0 radical (unpaired) electrons. The van der Waals surface area contributed by atoms with Crippen LogP contribution in [-0.4, -0.2) is 35.1 Å². The Balaban J connectivity index is 2.36. The molecule has 1 aromatic carbocycles. The summed E-state index contributed by atoms with van der Waals surface area (Å²) in [5.41, 5.74) is 1.91. The highest BCUT2D eigenvalue weighted by molar-refractivity contribution is 6.42. The van der Waals surface area contributed by atoms with E-state index >= 15 is 0 Å². The number of aromatic nitrogens is 2. The molecule has 2 rings (SSSR count). The maximum atomic E-state index is 6.00. The number of benzene rings is 1. The van der Waals surface area contributed by atoms with Crippen LogP contribution in [0, 0.1) is 0 Å². The number of halogens is 2. The molecule has 0 aliphatic carbocycles. The van der Waals surface area contributed by atoms with E-state index in [1.165, 1.54) is 0 Å². The smallest absolute Gasteiger partial charge is 0.0958 e. The molecule has 0 bridgehead atoms. The minimum Gasteiger partial charge on any atom is -0.329 e. The summed E-state index contributed by atoms with van der Waals surface area (Å²) in [5, 5.41) is 1.12. The largest absolute Gasteiger partial charge is 0.329 e. The van der Waals surface area contributed by atoms with E-state index in [0.717, 1.165) is 24.1 Å². The van der Waals surface area contributed by atoms with Crippen molar-refractivity contribution in [3.8, 4) is 0 Å². The van der Waals surface area contributed by atoms with Gasteiger partial charge in [-0.25, -0.2) is 4.98 Å². The quantitative estimate of drug-likeness (QED) is 0.844. The van der Waals surface area contributed by atoms with E-state index in [1.807, 2.05) is 26.5 Å². The summed E-state index contributed by atoms with van der Waals surface area (Å²) in [6.45, 7) is 1.85. The summed E-state index contributed by atoms with van der Waals surface area (Å²) < 4.78 is 2.08. The zero-order valence-electron chi connectivity index (χ0n) is 9.24. The van der Waals surface area contributed by atoms with Crippen LogP contribution in [0.15, 0.2) is 18.5 Å². The SMILES string of the molecule is CN(C)CCn1cnc2cc(Cl)c(Cl)cc21. The molecule has 0 spiro atoms. The Labute approximate surface area is 105 Å². The van der Waals surface area contributed by atoms with E-state index in [1.54, 1.807) is 6.07 Å². The molecular formula is C11H13Cl2N3. The van der Waals surface area contributed by atoms with Crippen molar-refractivity contribution in [2.45, 2.75) is 6.54 Å². The third kappa shape index (κ3) is 2.32. The van der Waals surface area contributed by atoms with E-state index in [0.29, 0.717) is 10.0 Å². The van der Waals surface area contributed by atoms with E-state index in [9.17, 15) is 0 Å². The third-order valence-corrected chi connectivity index (χ3v) is 3.17. The van der Waals surface area contributed by atoms with Crippen LogP contribution in [0.4, 0.5) is 0 Å². The number of likely N-dealkylation sites (N-methyl/N-ethyl adjacent to an activating group) is 1. The summed E-state index contributed by atoms with van der Waals surface area (Å²) in [7, 11) is 4.09. The third-order valence-electron chi connectivity index (χ3n) is 2.45. The van der Waals surface area contributed by atoms with Crippen molar-refractivity contribution in [1.82, 2.24) is 14.5 Å². The van der Waals surface area contributed by atoms with Gasteiger partial charge in [0.25, 0.3) is 0 Å². The highest BCUT2D eigenvalue weighted by atomic mass is 35.5. The minimum atomic E-state index is 0.548.